The third kappa shape index (κ3) is 3.09. The maximum atomic E-state index is 5.45. The first-order valence-corrected chi connectivity index (χ1v) is 4.62. The Bertz CT molecular complexity index is 113. The molecule has 0 aliphatic carbocycles. The van der Waals surface area contributed by atoms with Crippen molar-refractivity contribution in [2.75, 3.05) is 33.4 Å². The first kappa shape index (κ1) is 9.96. The summed E-state index contributed by atoms with van der Waals surface area (Å²) in [6.07, 6.45) is 3.41. The molecule has 1 aliphatic rings. The van der Waals surface area contributed by atoms with Gasteiger partial charge in [0.05, 0.1) is 19.8 Å². The molecule has 1 saturated heterocycles. The van der Waals surface area contributed by atoms with Crippen molar-refractivity contribution in [3.8, 4) is 0 Å². The van der Waals surface area contributed by atoms with Gasteiger partial charge in [0.2, 0.25) is 0 Å². The van der Waals surface area contributed by atoms with Crippen LogP contribution in [-0.2, 0) is 9.47 Å². The van der Waals surface area contributed by atoms with Crippen LogP contribution in [-0.4, -0.2) is 38.3 Å². The number of likely N-dealkylation sites (N-methyl/N-ethyl adjacent to an activating group) is 1. The Balaban J connectivity index is 2.15. The summed E-state index contributed by atoms with van der Waals surface area (Å²) in [5.41, 5.74) is 0. The summed E-state index contributed by atoms with van der Waals surface area (Å²) in [4.78, 5) is 2.14. The molecule has 1 fully saturated rings. The molecule has 0 amide bonds. The van der Waals surface area contributed by atoms with Gasteiger partial charge in [0.15, 0.2) is 6.23 Å². The average Bonchev–Trinajstić information content (AvgIpc) is 2.15. The minimum atomic E-state index is 0.639. The molecule has 0 spiro atoms. The molecular formula is C9H18NO2. The van der Waals surface area contributed by atoms with Crippen molar-refractivity contribution >= 4 is 0 Å². The van der Waals surface area contributed by atoms with Crippen molar-refractivity contribution in [1.82, 2.24) is 4.90 Å². The van der Waals surface area contributed by atoms with E-state index in [2.05, 4.69) is 18.9 Å². The fourth-order valence-corrected chi connectivity index (χ4v) is 1.16. The molecule has 0 bridgehead atoms. The highest BCUT2D eigenvalue weighted by Gasteiger charge is 2.19. The fraction of sp³-hybridized carbons (Fsp3) is 0.889. The fourth-order valence-electron chi connectivity index (χ4n) is 1.16. The van der Waals surface area contributed by atoms with E-state index >= 15 is 0 Å². The smallest absolute Gasteiger partial charge is 0.190 e. The Labute approximate surface area is 74.6 Å². The summed E-state index contributed by atoms with van der Waals surface area (Å²) in [6.45, 7) is 5.32. The third-order valence-electron chi connectivity index (χ3n) is 1.99. The van der Waals surface area contributed by atoms with Gasteiger partial charge >= 0.3 is 0 Å². The summed E-state index contributed by atoms with van der Waals surface area (Å²) >= 11 is 0. The molecule has 12 heavy (non-hydrogen) atoms. The molecule has 3 nitrogen and oxygen atoms in total. The second-order valence-corrected chi connectivity index (χ2v) is 3.07. The van der Waals surface area contributed by atoms with Gasteiger partial charge in [-0.25, -0.2) is 0 Å². The van der Waals surface area contributed by atoms with Gasteiger partial charge in [-0.1, -0.05) is 13.3 Å². The Morgan fingerprint density at radius 2 is 2.25 bits per heavy atom. The van der Waals surface area contributed by atoms with Crippen molar-refractivity contribution in [3.63, 3.8) is 0 Å². The number of unbranched alkanes of at least 4 members (excludes halogenated alkanes) is 1. The van der Waals surface area contributed by atoms with Gasteiger partial charge in [-0.2, -0.15) is 0 Å². The van der Waals surface area contributed by atoms with Crippen LogP contribution in [0.15, 0.2) is 0 Å². The van der Waals surface area contributed by atoms with Gasteiger partial charge in [-0.3, -0.25) is 4.90 Å². The zero-order valence-electron chi connectivity index (χ0n) is 8.01. The molecule has 1 heterocycles. The summed E-state index contributed by atoms with van der Waals surface area (Å²) in [7, 11) is 2.06. The van der Waals surface area contributed by atoms with E-state index in [4.69, 9.17) is 9.47 Å². The molecule has 1 aliphatic heterocycles. The van der Waals surface area contributed by atoms with Crippen LogP contribution in [0, 0.1) is 6.23 Å². The Kier molecular flexibility index (Phi) is 4.58. The van der Waals surface area contributed by atoms with Crippen molar-refractivity contribution in [2.24, 2.45) is 0 Å². The van der Waals surface area contributed by atoms with Crippen LogP contribution in [0.4, 0.5) is 0 Å². The maximum Gasteiger partial charge on any atom is 0.190 e. The minimum absolute atomic E-state index is 0.639. The van der Waals surface area contributed by atoms with Gasteiger partial charge < -0.3 is 9.47 Å². The molecule has 0 aromatic rings. The molecule has 0 N–H and O–H groups in total. The lowest BCUT2D eigenvalue weighted by atomic mass is 10.3. The van der Waals surface area contributed by atoms with Crippen molar-refractivity contribution in [3.05, 3.63) is 6.23 Å². The van der Waals surface area contributed by atoms with E-state index < -0.39 is 0 Å². The average molecular weight is 172 g/mol. The molecule has 3 heteroatoms. The number of ether oxygens (including phenoxy) is 2. The summed E-state index contributed by atoms with van der Waals surface area (Å²) < 4.78 is 10.7. The Morgan fingerprint density at radius 1 is 1.42 bits per heavy atom. The molecule has 0 aromatic carbocycles. The maximum absolute atomic E-state index is 5.45. The van der Waals surface area contributed by atoms with Crippen molar-refractivity contribution < 1.29 is 9.47 Å². The molecule has 0 unspecified atom stereocenters. The van der Waals surface area contributed by atoms with Crippen LogP contribution in [0.2, 0.25) is 0 Å². The molecule has 0 aromatic heterocycles. The zero-order valence-corrected chi connectivity index (χ0v) is 8.01. The number of hydrogen-bond donors (Lipinski definition) is 0. The number of nitrogens with zero attached hydrogens (tertiary/aromatic N) is 1. The first-order valence-electron chi connectivity index (χ1n) is 4.62. The van der Waals surface area contributed by atoms with E-state index in [1.807, 2.05) is 0 Å². The first-order chi connectivity index (χ1) is 5.84. The number of hydrogen-bond acceptors (Lipinski definition) is 3. The topological polar surface area (TPSA) is 21.7 Å². The van der Waals surface area contributed by atoms with E-state index in [0.29, 0.717) is 13.2 Å². The summed E-state index contributed by atoms with van der Waals surface area (Å²) in [5, 5.41) is 0. The Hall–Kier alpha value is -0.120. The quantitative estimate of drug-likeness (QED) is 0.637. The van der Waals surface area contributed by atoms with Gasteiger partial charge in [0, 0.05) is 6.54 Å². The van der Waals surface area contributed by atoms with Crippen LogP contribution >= 0.6 is 0 Å². The van der Waals surface area contributed by atoms with Crippen LogP contribution in [0.25, 0.3) is 0 Å². The molecule has 1 rings (SSSR count). The van der Waals surface area contributed by atoms with E-state index in [1.54, 1.807) is 0 Å². The zero-order chi connectivity index (χ0) is 8.81. The van der Waals surface area contributed by atoms with Gasteiger partial charge in [-0.15, -0.1) is 0 Å². The second kappa shape index (κ2) is 5.51. The van der Waals surface area contributed by atoms with Crippen molar-refractivity contribution in [2.45, 2.75) is 19.8 Å². The van der Waals surface area contributed by atoms with Crippen molar-refractivity contribution in [1.29, 1.82) is 0 Å². The monoisotopic (exact) mass is 172 g/mol. The third-order valence-corrected chi connectivity index (χ3v) is 1.99. The SMILES string of the molecule is CCCCN(C)[C]1COCCO1. The molecule has 1 radical (unpaired) electrons. The van der Waals surface area contributed by atoms with Crippen LogP contribution in [0.1, 0.15) is 19.8 Å². The van der Waals surface area contributed by atoms with Crippen LogP contribution in [0.3, 0.4) is 0 Å². The number of rotatable bonds is 4. The van der Waals surface area contributed by atoms with Gasteiger partial charge in [0.1, 0.15) is 0 Å². The highest BCUT2D eigenvalue weighted by molar-refractivity contribution is 4.78. The van der Waals surface area contributed by atoms with E-state index in [-0.39, 0.29) is 0 Å². The van der Waals surface area contributed by atoms with E-state index in [1.165, 1.54) is 12.8 Å². The van der Waals surface area contributed by atoms with Gasteiger partial charge in [-0.05, 0) is 13.5 Å². The van der Waals surface area contributed by atoms with Crippen LogP contribution < -0.4 is 0 Å². The largest absolute Gasteiger partial charge is 0.374 e. The van der Waals surface area contributed by atoms with Crippen LogP contribution in [0.5, 0.6) is 0 Å². The Morgan fingerprint density at radius 3 is 2.83 bits per heavy atom. The normalized spacial score (nSPS) is 20.2. The summed E-state index contributed by atoms with van der Waals surface area (Å²) in [5.74, 6) is 0. The molecule has 71 valence electrons. The standard InChI is InChI=1S/C9H18NO2/c1-3-4-5-10(2)9-8-11-6-7-12-9/h3-8H2,1-2H3. The highest BCUT2D eigenvalue weighted by Crippen LogP contribution is 2.13. The molecular weight excluding hydrogens is 154 g/mol. The summed E-state index contributed by atoms with van der Waals surface area (Å²) in [6, 6.07) is 0. The molecule has 0 atom stereocenters. The lowest BCUT2D eigenvalue weighted by molar-refractivity contribution is -0.0768. The predicted octanol–water partition coefficient (Wildman–Crippen LogP) is 1.25. The molecule has 0 saturated carbocycles. The van der Waals surface area contributed by atoms with E-state index in [0.717, 1.165) is 19.4 Å². The van der Waals surface area contributed by atoms with E-state index in [9.17, 15) is 0 Å². The minimum Gasteiger partial charge on any atom is -0.374 e. The second-order valence-electron chi connectivity index (χ2n) is 3.07. The lowest BCUT2D eigenvalue weighted by Crippen LogP contribution is -2.35. The highest BCUT2D eigenvalue weighted by atomic mass is 16.6. The predicted molar refractivity (Wildman–Crippen MR) is 47.6 cm³/mol. The lowest BCUT2D eigenvalue weighted by Gasteiger charge is -2.29. The van der Waals surface area contributed by atoms with Gasteiger partial charge in [0.25, 0.3) is 0 Å².